The minimum Gasteiger partial charge on any atom is -0.478 e. The van der Waals surface area contributed by atoms with E-state index in [2.05, 4.69) is 0 Å². The molecule has 0 aliphatic heterocycles. The molecular formula is C15H18FNO3. The highest BCUT2D eigenvalue weighted by Gasteiger charge is 2.19. The Kier molecular flexibility index (Phi) is 5.43. The molecule has 5 heteroatoms. The van der Waals surface area contributed by atoms with E-state index in [0.29, 0.717) is 5.56 Å². The fourth-order valence-corrected chi connectivity index (χ4v) is 1.64. The summed E-state index contributed by atoms with van der Waals surface area (Å²) in [6, 6.07) is 4.06. The highest BCUT2D eigenvalue weighted by Crippen LogP contribution is 2.15. The minimum atomic E-state index is -1.11. The lowest BCUT2D eigenvalue weighted by atomic mass is 10.1. The quantitative estimate of drug-likeness (QED) is 0.843. The Morgan fingerprint density at radius 1 is 1.45 bits per heavy atom. The molecule has 0 spiro atoms. The van der Waals surface area contributed by atoms with E-state index in [1.54, 1.807) is 7.05 Å². The van der Waals surface area contributed by atoms with Crippen LogP contribution in [0.4, 0.5) is 4.39 Å². The number of carbonyl (C=O) groups excluding carboxylic acids is 1. The topological polar surface area (TPSA) is 57.6 Å². The van der Waals surface area contributed by atoms with E-state index < -0.39 is 11.8 Å². The van der Waals surface area contributed by atoms with Crippen LogP contribution in [-0.4, -0.2) is 35.0 Å². The molecule has 0 saturated carbocycles. The van der Waals surface area contributed by atoms with E-state index in [-0.39, 0.29) is 17.5 Å². The molecule has 1 atom stereocenters. The number of hydrogen-bond acceptors (Lipinski definition) is 2. The summed E-state index contributed by atoms with van der Waals surface area (Å²) in [6.07, 6.45) is 2.98. The Balaban J connectivity index is 2.98. The highest BCUT2D eigenvalue weighted by molar-refractivity contribution is 5.95. The molecule has 1 aromatic carbocycles. The molecule has 0 aliphatic carbocycles. The van der Waals surface area contributed by atoms with Crippen LogP contribution < -0.4 is 0 Å². The number of halogens is 1. The molecule has 108 valence electrons. The van der Waals surface area contributed by atoms with Gasteiger partial charge in [0.15, 0.2) is 0 Å². The third-order valence-electron chi connectivity index (χ3n) is 3.21. The van der Waals surface area contributed by atoms with Gasteiger partial charge in [-0.25, -0.2) is 9.18 Å². The average molecular weight is 279 g/mol. The molecule has 1 amide bonds. The predicted octanol–water partition coefficient (Wildman–Crippen LogP) is 2.79. The Bertz CT molecular complexity index is 540. The molecule has 0 heterocycles. The van der Waals surface area contributed by atoms with Crippen molar-refractivity contribution in [3.63, 3.8) is 0 Å². The number of carboxylic acid groups (broad SMARTS) is 1. The molecule has 1 N–H and O–H groups in total. The molecule has 0 aromatic heterocycles. The summed E-state index contributed by atoms with van der Waals surface area (Å²) in [5.41, 5.74) is 0.382. The number of aliphatic carboxylic acids is 1. The first-order valence-electron chi connectivity index (χ1n) is 6.34. The average Bonchev–Trinajstić information content (AvgIpc) is 2.42. The van der Waals surface area contributed by atoms with Crippen LogP contribution in [-0.2, 0) is 4.79 Å². The molecule has 1 aromatic rings. The molecular weight excluding hydrogens is 261 g/mol. The van der Waals surface area contributed by atoms with Crippen molar-refractivity contribution in [2.24, 2.45) is 0 Å². The van der Waals surface area contributed by atoms with Crippen LogP contribution in [0, 0.1) is 5.82 Å². The summed E-state index contributed by atoms with van der Waals surface area (Å²) in [5.74, 6) is -2.15. The Hall–Kier alpha value is -2.17. The Morgan fingerprint density at radius 2 is 2.10 bits per heavy atom. The summed E-state index contributed by atoms with van der Waals surface area (Å²) >= 11 is 0. The standard InChI is InChI=1S/C15H18FNO3/c1-4-10(2)17(3)15(20)12-7-5-11(9-13(12)16)6-8-14(18)19/h5-10H,4H2,1-3H3,(H,18,19). The first kappa shape index (κ1) is 15.9. The maximum atomic E-state index is 13.9. The van der Waals surface area contributed by atoms with E-state index in [1.165, 1.54) is 23.1 Å². The molecule has 0 saturated heterocycles. The highest BCUT2D eigenvalue weighted by atomic mass is 19.1. The van der Waals surface area contributed by atoms with Crippen LogP contribution in [0.3, 0.4) is 0 Å². The second kappa shape index (κ2) is 6.84. The molecule has 0 fully saturated rings. The predicted molar refractivity (Wildman–Crippen MR) is 74.9 cm³/mol. The lowest BCUT2D eigenvalue weighted by molar-refractivity contribution is -0.131. The lowest BCUT2D eigenvalue weighted by Crippen LogP contribution is -2.35. The van der Waals surface area contributed by atoms with E-state index in [0.717, 1.165) is 18.6 Å². The fourth-order valence-electron chi connectivity index (χ4n) is 1.64. The van der Waals surface area contributed by atoms with Crippen molar-refractivity contribution < 1.29 is 19.1 Å². The van der Waals surface area contributed by atoms with Gasteiger partial charge in [-0.1, -0.05) is 13.0 Å². The van der Waals surface area contributed by atoms with E-state index in [1.807, 2.05) is 13.8 Å². The van der Waals surface area contributed by atoms with Gasteiger partial charge in [0.05, 0.1) is 5.56 Å². The summed E-state index contributed by atoms with van der Waals surface area (Å²) in [7, 11) is 1.63. The number of rotatable bonds is 5. The van der Waals surface area contributed by atoms with Gasteiger partial charge in [-0.2, -0.15) is 0 Å². The van der Waals surface area contributed by atoms with Crippen LogP contribution in [0.1, 0.15) is 36.2 Å². The first-order valence-corrected chi connectivity index (χ1v) is 6.34. The largest absolute Gasteiger partial charge is 0.478 e. The summed E-state index contributed by atoms with van der Waals surface area (Å²) in [5, 5.41) is 8.51. The number of hydrogen-bond donors (Lipinski definition) is 1. The molecule has 0 aliphatic rings. The molecule has 0 radical (unpaired) electrons. The molecule has 1 unspecified atom stereocenters. The Labute approximate surface area is 117 Å². The van der Waals surface area contributed by atoms with Crippen LogP contribution in [0.25, 0.3) is 6.08 Å². The monoisotopic (exact) mass is 279 g/mol. The van der Waals surface area contributed by atoms with Crippen molar-refractivity contribution in [1.29, 1.82) is 0 Å². The Morgan fingerprint density at radius 3 is 2.60 bits per heavy atom. The molecule has 1 rings (SSSR count). The molecule has 20 heavy (non-hydrogen) atoms. The third kappa shape index (κ3) is 3.91. The van der Waals surface area contributed by atoms with Crippen molar-refractivity contribution >= 4 is 18.0 Å². The molecule has 4 nitrogen and oxygen atoms in total. The van der Waals surface area contributed by atoms with Crippen molar-refractivity contribution in [2.75, 3.05) is 7.05 Å². The van der Waals surface area contributed by atoms with Gasteiger partial charge in [-0.05, 0) is 37.1 Å². The van der Waals surface area contributed by atoms with Gasteiger partial charge in [0.2, 0.25) is 0 Å². The minimum absolute atomic E-state index is 0.0136. The zero-order valence-corrected chi connectivity index (χ0v) is 11.8. The number of amides is 1. The first-order chi connectivity index (χ1) is 9.36. The maximum absolute atomic E-state index is 13.9. The van der Waals surface area contributed by atoms with E-state index in [4.69, 9.17) is 5.11 Å². The third-order valence-corrected chi connectivity index (χ3v) is 3.21. The SMILES string of the molecule is CCC(C)N(C)C(=O)c1ccc(C=CC(=O)O)cc1F. The van der Waals surface area contributed by atoms with Crippen molar-refractivity contribution in [2.45, 2.75) is 26.3 Å². The summed E-state index contributed by atoms with van der Waals surface area (Å²) in [6.45, 7) is 3.84. The van der Waals surface area contributed by atoms with Crippen molar-refractivity contribution in [3.8, 4) is 0 Å². The summed E-state index contributed by atoms with van der Waals surface area (Å²) < 4.78 is 13.9. The normalized spacial score (nSPS) is 12.4. The van der Waals surface area contributed by atoms with Crippen LogP contribution in [0.15, 0.2) is 24.3 Å². The second-order valence-corrected chi connectivity index (χ2v) is 4.58. The number of carbonyl (C=O) groups is 2. The van der Waals surface area contributed by atoms with Crippen LogP contribution >= 0.6 is 0 Å². The van der Waals surface area contributed by atoms with Gasteiger partial charge in [-0.3, -0.25) is 4.79 Å². The van der Waals surface area contributed by atoms with Gasteiger partial charge in [0.1, 0.15) is 5.82 Å². The number of nitrogens with zero attached hydrogens (tertiary/aromatic N) is 1. The zero-order valence-electron chi connectivity index (χ0n) is 11.8. The van der Waals surface area contributed by atoms with Gasteiger partial charge in [-0.15, -0.1) is 0 Å². The zero-order chi connectivity index (χ0) is 15.3. The molecule has 0 bridgehead atoms. The van der Waals surface area contributed by atoms with Crippen LogP contribution in [0.2, 0.25) is 0 Å². The fraction of sp³-hybridized carbons (Fsp3) is 0.333. The summed E-state index contributed by atoms with van der Waals surface area (Å²) in [4.78, 5) is 24.0. The van der Waals surface area contributed by atoms with Crippen molar-refractivity contribution in [1.82, 2.24) is 4.90 Å². The second-order valence-electron chi connectivity index (χ2n) is 4.58. The number of carboxylic acids is 1. The van der Waals surface area contributed by atoms with Gasteiger partial charge in [0, 0.05) is 19.2 Å². The lowest BCUT2D eigenvalue weighted by Gasteiger charge is -2.24. The van der Waals surface area contributed by atoms with E-state index >= 15 is 0 Å². The van der Waals surface area contributed by atoms with Crippen LogP contribution in [0.5, 0.6) is 0 Å². The van der Waals surface area contributed by atoms with Gasteiger partial charge >= 0.3 is 5.97 Å². The van der Waals surface area contributed by atoms with Gasteiger partial charge in [0.25, 0.3) is 5.91 Å². The van der Waals surface area contributed by atoms with Crippen molar-refractivity contribution in [3.05, 3.63) is 41.2 Å². The van der Waals surface area contributed by atoms with E-state index in [9.17, 15) is 14.0 Å². The smallest absolute Gasteiger partial charge is 0.328 e. The van der Waals surface area contributed by atoms with Gasteiger partial charge < -0.3 is 10.0 Å². The number of benzene rings is 1. The maximum Gasteiger partial charge on any atom is 0.328 e.